The van der Waals surface area contributed by atoms with Crippen LogP contribution in [-0.2, 0) is 28.6 Å². The van der Waals surface area contributed by atoms with Crippen molar-refractivity contribution < 1.29 is 42.5 Å². The number of allylic oxidation sites excluding steroid dienone is 4. The first kappa shape index (κ1) is 25.3. The highest BCUT2D eigenvalue weighted by Crippen LogP contribution is 2.72. The first-order valence-electron chi connectivity index (χ1n) is 13.2. The topological polar surface area (TPSA) is 99.1 Å². The number of hydrogen-bond acceptors (Lipinski definition) is 7. The minimum Gasteiger partial charge on any atom is -0.457 e. The van der Waals surface area contributed by atoms with Crippen LogP contribution >= 0.6 is 0 Å². The van der Waals surface area contributed by atoms with Crippen LogP contribution in [0.5, 0.6) is 0 Å². The van der Waals surface area contributed by atoms with Gasteiger partial charge in [0.25, 0.3) is 0 Å². The van der Waals surface area contributed by atoms with Crippen molar-refractivity contribution in [3.63, 3.8) is 0 Å². The molecular weight excluding hydrogens is 486 g/mol. The highest BCUT2D eigenvalue weighted by molar-refractivity contribution is 6.01. The van der Waals surface area contributed by atoms with Crippen LogP contribution in [0.4, 0.5) is 8.78 Å². The van der Waals surface area contributed by atoms with E-state index in [0.29, 0.717) is 0 Å². The second-order valence-corrected chi connectivity index (χ2v) is 12.7. The second-order valence-electron chi connectivity index (χ2n) is 12.7. The highest BCUT2D eigenvalue weighted by atomic mass is 19.1. The Morgan fingerprint density at radius 1 is 1.16 bits per heavy atom. The van der Waals surface area contributed by atoms with Crippen LogP contribution in [0.3, 0.4) is 0 Å². The third-order valence-corrected chi connectivity index (χ3v) is 10.3. The summed E-state index contributed by atoms with van der Waals surface area (Å²) in [4.78, 5) is 38.1. The molecule has 6 rings (SSSR count). The van der Waals surface area contributed by atoms with Crippen LogP contribution in [0, 0.1) is 28.6 Å². The maximum absolute atomic E-state index is 17.4. The number of ether oxygens (including phenoxy) is 3. The number of rotatable bonds is 4. The van der Waals surface area contributed by atoms with E-state index in [1.165, 1.54) is 19.1 Å². The van der Waals surface area contributed by atoms with Crippen molar-refractivity contribution in [3.05, 3.63) is 23.8 Å². The van der Waals surface area contributed by atoms with Gasteiger partial charge in [-0.25, -0.2) is 8.78 Å². The Labute approximate surface area is 214 Å². The number of fused-ring (bicyclic) bond motifs is 7. The van der Waals surface area contributed by atoms with E-state index < -0.39 is 82.2 Å². The van der Waals surface area contributed by atoms with Gasteiger partial charge in [0.15, 0.2) is 29.4 Å². The molecule has 1 saturated heterocycles. The van der Waals surface area contributed by atoms with Gasteiger partial charge in [-0.3, -0.25) is 14.4 Å². The molecule has 9 atom stereocenters. The van der Waals surface area contributed by atoms with Gasteiger partial charge in [0, 0.05) is 16.7 Å². The molecule has 7 nitrogen and oxygen atoms in total. The molecule has 4 saturated carbocycles. The van der Waals surface area contributed by atoms with Crippen molar-refractivity contribution in [2.75, 3.05) is 6.61 Å². The third kappa shape index (κ3) is 3.11. The smallest absolute Gasteiger partial charge is 0.309 e. The van der Waals surface area contributed by atoms with E-state index in [4.69, 9.17) is 14.2 Å². The molecule has 37 heavy (non-hydrogen) atoms. The highest BCUT2D eigenvalue weighted by Gasteiger charge is 2.80. The van der Waals surface area contributed by atoms with Gasteiger partial charge >= 0.3 is 5.97 Å². The summed E-state index contributed by atoms with van der Waals surface area (Å²) in [6.45, 7) is 6.20. The Kier molecular flexibility index (Phi) is 5.18. The number of aliphatic hydroxyl groups is 1. The van der Waals surface area contributed by atoms with Crippen LogP contribution < -0.4 is 0 Å². The van der Waals surface area contributed by atoms with Crippen molar-refractivity contribution in [2.24, 2.45) is 28.6 Å². The number of Topliss-reactive ketones (excluding diaryl/α,β-unsaturated/α-hetero) is 1. The largest absolute Gasteiger partial charge is 0.457 e. The molecule has 0 spiro atoms. The molecule has 0 aromatic rings. The van der Waals surface area contributed by atoms with E-state index in [2.05, 4.69) is 0 Å². The molecule has 0 aromatic carbocycles. The van der Waals surface area contributed by atoms with Crippen LogP contribution in [0.15, 0.2) is 23.8 Å². The van der Waals surface area contributed by atoms with Gasteiger partial charge in [-0.2, -0.15) is 0 Å². The number of halogens is 2. The molecule has 5 fully saturated rings. The summed E-state index contributed by atoms with van der Waals surface area (Å²) in [6.07, 6.45) is 1.20. The Bertz CT molecular complexity index is 1140. The lowest BCUT2D eigenvalue weighted by Gasteiger charge is -2.63. The lowest BCUT2D eigenvalue weighted by Crippen LogP contribution is -2.71. The summed E-state index contributed by atoms with van der Waals surface area (Å²) in [5, 5.41) is 11.5. The van der Waals surface area contributed by atoms with Gasteiger partial charge in [0.2, 0.25) is 5.78 Å². The molecule has 6 aliphatic rings. The lowest BCUT2D eigenvalue weighted by molar-refractivity contribution is -0.249. The minimum absolute atomic E-state index is 0.0472. The zero-order valence-electron chi connectivity index (χ0n) is 21.6. The van der Waals surface area contributed by atoms with Gasteiger partial charge in [-0.1, -0.05) is 13.0 Å². The number of ketones is 2. The maximum Gasteiger partial charge on any atom is 0.309 e. The third-order valence-electron chi connectivity index (χ3n) is 10.3. The van der Waals surface area contributed by atoms with Crippen LogP contribution in [0.2, 0.25) is 0 Å². The van der Waals surface area contributed by atoms with Crippen molar-refractivity contribution in [1.82, 2.24) is 0 Å². The molecule has 1 heterocycles. The monoisotopic (exact) mass is 520 g/mol. The number of esters is 1. The van der Waals surface area contributed by atoms with Gasteiger partial charge in [0.1, 0.15) is 6.17 Å². The summed E-state index contributed by atoms with van der Waals surface area (Å²) in [7, 11) is 0. The fraction of sp³-hybridized carbons (Fsp3) is 0.750. The van der Waals surface area contributed by atoms with Crippen LogP contribution in [0.1, 0.15) is 59.8 Å². The molecule has 1 N–H and O–H groups in total. The second kappa shape index (κ2) is 7.57. The summed E-state index contributed by atoms with van der Waals surface area (Å²) in [6, 6.07) is 0. The Morgan fingerprint density at radius 2 is 1.86 bits per heavy atom. The van der Waals surface area contributed by atoms with Crippen molar-refractivity contribution >= 4 is 17.5 Å². The van der Waals surface area contributed by atoms with E-state index in [1.807, 2.05) is 0 Å². The van der Waals surface area contributed by atoms with Gasteiger partial charge < -0.3 is 19.3 Å². The molecule has 5 aliphatic carbocycles. The maximum atomic E-state index is 17.4. The Hall–Kier alpha value is -1.97. The van der Waals surface area contributed by atoms with Gasteiger partial charge in [0.05, 0.1) is 18.1 Å². The van der Waals surface area contributed by atoms with E-state index in [9.17, 15) is 19.5 Å². The molecule has 9 heteroatoms. The average molecular weight is 521 g/mol. The van der Waals surface area contributed by atoms with Crippen molar-refractivity contribution in [1.29, 1.82) is 0 Å². The summed E-state index contributed by atoms with van der Waals surface area (Å²) >= 11 is 0. The molecule has 0 aromatic heterocycles. The number of hydrogen-bond donors (Lipinski definition) is 1. The van der Waals surface area contributed by atoms with Crippen molar-refractivity contribution in [3.8, 4) is 0 Å². The molecule has 0 amide bonds. The van der Waals surface area contributed by atoms with Crippen LogP contribution in [0.25, 0.3) is 0 Å². The van der Waals surface area contributed by atoms with E-state index in [-0.39, 0.29) is 30.8 Å². The predicted octanol–water partition coefficient (Wildman–Crippen LogP) is 3.33. The molecule has 0 radical (unpaired) electrons. The number of carbonyl (C=O) groups excluding carboxylic acids is 3. The molecule has 0 bridgehead atoms. The summed E-state index contributed by atoms with van der Waals surface area (Å²) in [5.74, 6) is -4.16. The molecule has 1 aliphatic heterocycles. The van der Waals surface area contributed by atoms with E-state index in [0.717, 1.165) is 18.9 Å². The number of aliphatic hydroxyl groups excluding tert-OH is 1. The Balaban J connectivity index is 1.41. The Morgan fingerprint density at radius 3 is 2.54 bits per heavy atom. The zero-order chi connectivity index (χ0) is 26.8. The SMILES string of the molecule is CC1(C)OC2CC3C4CC(F)C5=CC(=O)C=C[C@]5(C)[C@@]4(F)C(O)C[C@]3(C)[C@]2(C(=O)COC(=O)C2CC2)O1. The van der Waals surface area contributed by atoms with E-state index >= 15 is 8.78 Å². The zero-order valence-corrected chi connectivity index (χ0v) is 21.6. The first-order chi connectivity index (χ1) is 17.2. The molecule has 5 unspecified atom stereocenters. The van der Waals surface area contributed by atoms with Crippen LogP contribution in [-0.4, -0.2) is 64.7 Å². The quantitative estimate of drug-likeness (QED) is 0.568. The fourth-order valence-electron chi connectivity index (χ4n) is 8.48. The summed E-state index contributed by atoms with van der Waals surface area (Å²) < 4.78 is 50.9. The van der Waals surface area contributed by atoms with E-state index in [1.54, 1.807) is 20.8 Å². The fourth-order valence-corrected chi connectivity index (χ4v) is 8.48. The average Bonchev–Trinajstić information content (AvgIpc) is 3.59. The number of alkyl halides is 2. The minimum atomic E-state index is -2.26. The molecule has 202 valence electrons. The summed E-state index contributed by atoms with van der Waals surface area (Å²) in [5.41, 5.74) is -6.43. The predicted molar refractivity (Wildman–Crippen MR) is 125 cm³/mol. The number of carbonyl (C=O) groups is 3. The first-order valence-corrected chi connectivity index (χ1v) is 13.2. The molecular formula is C28H34F2O7. The normalized spacial score (nSPS) is 49.4. The van der Waals surface area contributed by atoms with Gasteiger partial charge in [-0.15, -0.1) is 0 Å². The lowest BCUT2D eigenvalue weighted by atomic mass is 9.44. The van der Waals surface area contributed by atoms with Crippen molar-refractivity contribution in [2.45, 2.75) is 95.2 Å². The van der Waals surface area contributed by atoms with Gasteiger partial charge in [-0.05, 0) is 76.5 Å². The standard InChI is InChI=1S/C28H34F2O7/c1-24(2)36-22-11-16-17-10-19(29)18-9-15(31)7-8-25(18,3)27(17,30)20(32)12-26(16,4)28(22,37-24)21(33)13-35-23(34)14-5-6-14/h7-9,14,16-17,19-20,22,32H,5-6,10-13H2,1-4H3/t16?,17?,19?,20?,22?,25-,26-,27-,28+/m0/s1.